The fraction of sp³-hybridized carbons (Fsp3) is 0.500. The first-order chi connectivity index (χ1) is 13.9. The van der Waals surface area contributed by atoms with Crippen molar-refractivity contribution < 1.29 is 13.2 Å². The average molecular weight is 416 g/mol. The van der Waals surface area contributed by atoms with Crippen LogP contribution in [0.25, 0.3) is 0 Å². The van der Waals surface area contributed by atoms with Crippen LogP contribution in [0.15, 0.2) is 35.2 Å². The molecule has 1 aliphatic heterocycles. The highest BCUT2D eigenvalue weighted by Crippen LogP contribution is 2.31. The van der Waals surface area contributed by atoms with E-state index >= 15 is 0 Å². The maximum absolute atomic E-state index is 13.2. The first-order valence-electron chi connectivity index (χ1n) is 10.4. The zero-order valence-electron chi connectivity index (χ0n) is 17.1. The number of piperidine rings is 1. The van der Waals surface area contributed by atoms with Crippen molar-refractivity contribution in [3.63, 3.8) is 0 Å². The molecule has 6 nitrogen and oxygen atoms in total. The van der Waals surface area contributed by atoms with Crippen LogP contribution in [0, 0.1) is 6.92 Å². The highest BCUT2D eigenvalue weighted by molar-refractivity contribution is 7.89. The number of hydrogen-bond acceptors (Lipinski definition) is 3. The van der Waals surface area contributed by atoms with Gasteiger partial charge in [0.1, 0.15) is 10.6 Å². The molecule has 1 fully saturated rings. The first kappa shape index (κ1) is 20.2. The van der Waals surface area contributed by atoms with E-state index in [2.05, 4.69) is 10.8 Å². The predicted molar refractivity (Wildman–Crippen MR) is 112 cm³/mol. The molecular formula is C22H29N3O3S. The lowest BCUT2D eigenvalue weighted by atomic mass is 9.88. The molecule has 29 heavy (non-hydrogen) atoms. The van der Waals surface area contributed by atoms with Crippen LogP contribution in [0.5, 0.6) is 0 Å². The van der Waals surface area contributed by atoms with Crippen LogP contribution in [0.3, 0.4) is 0 Å². The Hall–Kier alpha value is -2.12. The van der Waals surface area contributed by atoms with E-state index in [1.807, 2.05) is 23.1 Å². The van der Waals surface area contributed by atoms with Gasteiger partial charge >= 0.3 is 0 Å². The summed E-state index contributed by atoms with van der Waals surface area (Å²) in [7, 11) is -1.98. The number of rotatable bonds is 4. The molecule has 1 saturated heterocycles. The number of sulfonamides is 1. The van der Waals surface area contributed by atoms with Gasteiger partial charge in [-0.2, -0.15) is 0 Å². The molecule has 1 amide bonds. The minimum atomic E-state index is -3.74. The monoisotopic (exact) mass is 415 g/mol. The third-order valence-corrected chi connectivity index (χ3v) is 7.89. The molecule has 2 aromatic rings. The van der Waals surface area contributed by atoms with E-state index in [-0.39, 0.29) is 16.8 Å². The molecule has 156 valence electrons. The second-order valence-corrected chi connectivity index (χ2v) is 9.84. The molecule has 0 bridgehead atoms. The van der Waals surface area contributed by atoms with Gasteiger partial charge in [-0.1, -0.05) is 24.3 Å². The Morgan fingerprint density at radius 2 is 1.83 bits per heavy atom. The van der Waals surface area contributed by atoms with Crippen LogP contribution in [0.2, 0.25) is 0 Å². The number of fused-ring (bicyclic) bond motifs is 1. The minimum Gasteiger partial charge on any atom is -0.343 e. The van der Waals surface area contributed by atoms with Crippen molar-refractivity contribution in [2.75, 3.05) is 13.1 Å². The Labute approximate surface area is 173 Å². The van der Waals surface area contributed by atoms with E-state index in [0.717, 1.165) is 57.2 Å². The van der Waals surface area contributed by atoms with Crippen molar-refractivity contribution in [2.24, 2.45) is 7.05 Å². The van der Waals surface area contributed by atoms with Crippen molar-refractivity contribution >= 4 is 15.9 Å². The lowest BCUT2D eigenvalue weighted by Crippen LogP contribution is -2.36. The molecule has 4 rings (SSSR count). The van der Waals surface area contributed by atoms with Gasteiger partial charge in [-0.3, -0.25) is 4.79 Å². The van der Waals surface area contributed by atoms with E-state index in [4.69, 9.17) is 0 Å². The van der Waals surface area contributed by atoms with Gasteiger partial charge in [0.25, 0.3) is 5.91 Å². The number of carbonyl (C=O) groups excluding carboxylic acids is 1. The molecule has 0 radical (unpaired) electrons. The Morgan fingerprint density at radius 3 is 2.59 bits per heavy atom. The molecule has 1 N–H and O–H groups in total. The van der Waals surface area contributed by atoms with Crippen LogP contribution < -0.4 is 4.72 Å². The highest BCUT2D eigenvalue weighted by atomic mass is 32.2. The van der Waals surface area contributed by atoms with Gasteiger partial charge in [0.05, 0.1) is 0 Å². The van der Waals surface area contributed by atoms with Crippen molar-refractivity contribution in [3.8, 4) is 0 Å². The Morgan fingerprint density at radius 1 is 1.10 bits per heavy atom. The van der Waals surface area contributed by atoms with Crippen LogP contribution >= 0.6 is 0 Å². The number of nitrogens with zero attached hydrogens (tertiary/aromatic N) is 2. The largest absolute Gasteiger partial charge is 0.343 e. The number of likely N-dealkylation sites (tertiary alicyclic amines) is 1. The van der Waals surface area contributed by atoms with Gasteiger partial charge in [0.2, 0.25) is 10.0 Å². The molecule has 1 aliphatic carbocycles. The number of aromatic nitrogens is 1. The molecule has 1 aromatic carbocycles. The van der Waals surface area contributed by atoms with E-state index in [9.17, 15) is 13.2 Å². The zero-order valence-corrected chi connectivity index (χ0v) is 18.0. The molecule has 0 spiro atoms. The minimum absolute atomic E-state index is 0.0836. The second-order valence-electron chi connectivity index (χ2n) is 8.16. The van der Waals surface area contributed by atoms with Gasteiger partial charge < -0.3 is 9.47 Å². The van der Waals surface area contributed by atoms with Crippen molar-refractivity contribution in [1.82, 2.24) is 14.2 Å². The topological polar surface area (TPSA) is 71.4 Å². The summed E-state index contributed by atoms with van der Waals surface area (Å²) in [4.78, 5) is 15.0. The molecule has 1 atom stereocenters. The zero-order chi connectivity index (χ0) is 20.6. The first-order valence-corrected chi connectivity index (χ1v) is 11.9. The van der Waals surface area contributed by atoms with Gasteiger partial charge in [0, 0.05) is 31.9 Å². The maximum Gasteiger partial charge on any atom is 0.270 e. The summed E-state index contributed by atoms with van der Waals surface area (Å²) in [6.07, 6.45) is 5.86. The molecular weight excluding hydrogens is 386 g/mol. The van der Waals surface area contributed by atoms with Crippen molar-refractivity contribution in [3.05, 3.63) is 52.8 Å². The van der Waals surface area contributed by atoms with Crippen molar-refractivity contribution in [2.45, 2.75) is 56.4 Å². The molecule has 7 heteroatoms. The van der Waals surface area contributed by atoms with E-state index in [1.165, 1.54) is 5.56 Å². The van der Waals surface area contributed by atoms with Crippen LogP contribution in [0.1, 0.15) is 65.5 Å². The molecule has 0 saturated carbocycles. The normalized spacial score (nSPS) is 19.8. The lowest BCUT2D eigenvalue weighted by Gasteiger charge is -2.26. The smallest absolute Gasteiger partial charge is 0.270 e. The summed E-state index contributed by atoms with van der Waals surface area (Å²) in [5.74, 6) is -0.0836. The van der Waals surface area contributed by atoms with E-state index < -0.39 is 10.0 Å². The standard InChI is InChI=1S/C22H29N3O3S/c1-16-21(15-20(24(16)2)22(26)25-13-6-3-7-14-25)29(27,28)23-19-12-8-10-17-9-4-5-11-18(17)19/h4-5,9,11,15,19,23H,3,6-8,10,12-14H2,1-2H3/t19-/m1/s1. The predicted octanol–water partition coefficient (Wildman–Crippen LogP) is 3.32. The number of carbonyl (C=O) groups is 1. The van der Waals surface area contributed by atoms with E-state index in [0.29, 0.717) is 11.4 Å². The SMILES string of the molecule is Cc1c(S(=O)(=O)N[C@@H]2CCCc3ccccc32)cc(C(=O)N2CCCCC2)n1C. The third kappa shape index (κ3) is 3.85. The summed E-state index contributed by atoms with van der Waals surface area (Å²) in [6, 6.07) is 9.34. The van der Waals surface area contributed by atoms with Crippen LogP contribution in [0.4, 0.5) is 0 Å². The average Bonchev–Trinajstić information content (AvgIpc) is 3.04. The summed E-state index contributed by atoms with van der Waals surface area (Å²) in [5, 5.41) is 0. The number of amides is 1. The Balaban J connectivity index is 1.62. The fourth-order valence-corrected chi connectivity index (χ4v) is 6.07. The maximum atomic E-state index is 13.2. The number of nitrogens with one attached hydrogen (secondary N) is 1. The Bertz CT molecular complexity index is 1020. The Kier molecular flexibility index (Phi) is 5.53. The molecule has 2 heterocycles. The fourth-order valence-electron chi connectivity index (χ4n) is 4.53. The van der Waals surface area contributed by atoms with Gasteiger partial charge in [-0.15, -0.1) is 0 Å². The summed E-state index contributed by atoms with van der Waals surface area (Å²) in [6.45, 7) is 3.24. The summed E-state index contributed by atoms with van der Waals surface area (Å²) in [5.41, 5.74) is 3.29. The third-order valence-electron chi connectivity index (χ3n) is 6.31. The highest BCUT2D eigenvalue weighted by Gasteiger charge is 2.30. The number of aryl methyl sites for hydroxylation is 1. The lowest BCUT2D eigenvalue weighted by molar-refractivity contribution is 0.0714. The van der Waals surface area contributed by atoms with Gasteiger partial charge in [-0.05, 0) is 62.6 Å². The van der Waals surface area contributed by atoms with E-state index in [1.54, 1.807) is 24.6 Å². The quantitative estimate of drug-likeness (QED) is 0.833. The van der Waals surface area contributed by atoms with Crippen LogP contribution in [-0.2, 0) is 23.5 Å². The van der Waals surface area contributed by atoms with Crippen molar-refractivity contribution in [1.29, 1.82) is 0 Å². The summed E-state index contributed by atoms with van der Waals surface area (Å²) >= 11 is 0. The molecule has 2 aliphatic rings. The van der Waals surface area contributed by atoms with Gasteiger partial charge in [0.15, 0.2) is 0 Å². The molecule has 0 unspecified atom stereocenters. The second kappa shape index (κ2) is 7.95. The summed E-state index contributed by atoms with van der Waals surface area (Å²) < 4.78 is 31.1. The van der Waals surface area contributed by atoms with Gasteiger partial charge in [-0.25, -0.2) is 13.1 Å². The van der Waals surface area contributed by atoms with Crippen LogP contribution in [-0.4, -0.2) is 36.9 Å². The number of benzene rings is 1. The molecule has 1 aromatic heterocycles. The number of hydrogen-bond donors (Lipinski definition) is 1.